The summed E-state index contributed by atoms with van der Waals surface area (Å²) in [6, 6.07) is 15.0. The Balaban J connectivity index is 0.00000222. The van der Waals surface area contributed by atoms with E-state index in [1.807, 2.05) is 58.2 Å². The van der Waals surface area contributed by atoms with Crippen molar-refractivity contribution in [3.05, 3.63) is 75.9 Å². The fourth-order valence-corrected chi connectivity index (χ4v) is 4.47. The first-order chi connectivity index (χ1) is 17.5. The zero-order valence-electron chi connectivity index (χ0n) is 22.0. The molecule has 2 aromatic carbocycles. The Morgan fingerprint density at radius 1 is 1.00 bits per heavy atom. The van der Waals surface area contributed by atoms with Gasteiger partial charge >= 0.3 is 0 Å². The van der Waals surface area contributed by atoms with Crippen molar-refractivity contribution < 1.29 is 4.79 Å². The van der Waals surface area contributed by atoms with Crippen LogP contribution in [0.15, 0.2) is 65.3 Å². The lowest BCUT2D eigenvalue weighted by Crippen LogP contribution is -2.57. The van der Waals surface area contributed by atoms with Gasteiger partial charge in [0.25, 0.3) is 0 Å². The maximum Gasteiger partial charge on any atom is 0.243 e. The van der Waals surface area contributed by atoms with Gasteiger partial charge in [-0.15, -0.1) is 0 Å². The van der Waals surface area contributed by atoms with Crippen molar-refractivity contribution in [2.24, 2.45) is 4.99 Å². The molecule has 1 aliphatic heterocycles. The van der Waals surface area contributed by atoms with Crippen molar-refractivity contribution in [2.75, 3.05) is 31.5 Å². The summed E-state index contributed by atoms with van der Waals surface area (Å²) in [6.07, 6.45) is 6.94. The Bertz CT molecular complexity index is 974. The SMILES string of the molecule is CC.CC=N/C(=C\C)CCCCN1CCN(Cc2ccc(Cl)cc2)CC1C(=O)Nc1ccc(Cl)cc1. The fraction of sp³-hybridized carbons (Fsp3) is 0.448. The van der Waals surface area contributed by atoms with E-state index >= 15 is 0 Å². The lowest BCUT2D eigenvalue weighted by atomic mass is 10.1. The maximum absolute atomic E-state index is 13.3. The zero-order valence-corrected chi connectivity index (χ0v) is 23.5. The average molecular weight is 532 g/mol. The van der Waals surface area contributed by atoms with Crippen molar-refractivity contribution >= 4 is 41.0 Å². The number of rotatable bonds is 10. The van der Waals surface area contributed by atoms with Gasteiger partial charge in [-0.3, -0.25) is 19.6 Å². The van der Waals surface area contributed by atoms with Crippen LogP contribution >= 0.6 is 23.2 Å². The van der Waals surface area contributed by atoms with Gasteiger partial charge < -0.3 is 5.32 Å². The summed E-state index contributed by atoms with van der Waals surface area (Å²) in [6.45, 7) is 12.1. The number of allylic oxidation sites excluding steroid dienone is 2. The number of unbranched alkanes of at least 4 members (excludes halogenated alkanes) is 1. The van der Waals surface area contributed by atoms with Crippen LogP contribution in [0, 0.1) is 0 Å². The second-order valence-electron chi connectivity index (χ2n) is 8.53. The molecule has 2 aromatic rings. The molecule has 0 aliphatic carbocycles. The van der Waals surface area contributed by atoms with Gasteiger partial charge in [0.2, 0.25) is 5.91 Å². The molecule has 1 heterocycles. The van der Waals surface area contributed by atoms with E-state index in [0.717, 1.165) is 61.8 Å². The maximum atomic E-state index is 13.3. The van der Waals surface area contributed by atoms with Crippen molar-refractivity contribution in [3.8, 4) is 0 Å². The first-order valence-electron chi connectivity index (χ1n) is 12.9. The topological polar surface area (TPSA) is 47.9 Å². The first-order valence-corrected chi connectivity index (χ1v) is 13.6. The Labute approximate surface area is 227 Å². The molecular formula is C29H40Cl2N4O. The highest BCUT2D eigenvalue weighted by atomic mass is 35.5. The molecule has 196 valence electrons. The number of halogens is 2. The quantitative estimate of drug-likeness (QED) is 0.258. The number of carbonyl (C=O) groups is 1. The second kappa shape index (κ2) is 16.5. The number of benzene rings is 2. The highest BCUT2D eigenvalue weighted by Gasteiger charge is 2.32. The Kier molecular flexibility index (Phi) is 13.8. The van der Waals surface area contributed by atoms with Crippen LogP contribution in [0.25, 0.3) is 0 Å². The number of nitrogens with zero attached hydrogens (tertiary/aromatic N) is 3. The normalized spacial score (nSPS) is 17.1. The third-order valence-corrected chi connectivity index (χ3v) is 6.57. The largest absolute Gasteiger partial charge is 0.325 e. The summed E-state index contributed by atoms with van der Waals surface area (Å²) >= 11 is 12.0. The molecule has 0 bridgehead atoms. The lowest BCUT2D eigenvalue weighted by Gasteiger charge is -2.40. The van der Waals surface area contributed by atoms with E-state index in [9.17, 15) is 4.79 Å². The molecule has 3 rings (SSSR count). The van der Waals surface area contributed by atoms with Gasteiger partial charge in [0.05, 0.1) is 0 Å². The highest BCUT2D eigenvalue weighted by molar-refractivity contribution is 6.30. The van der Waals surface area contributed by atoms with Crippen LogP contribution in [0.3, 0.4) is 0 Å². The Morgan fingerprint density at radius 3 is 2.25 bits per heavy atom. The molecule has 1 aliphatic rings. The Hall–Kier alpha value is -2.18. The van der Waals surface area contributed by atoms with Crippen LogP contribution in [0.4, 0.5) is 5.69 Å². The number of hydrogen-bond acceptors (Lipinski definition) is 4. The molecular weight excluding hydrogens is 491 g/mol. The molecule has 0 aromatic heterocycles. The molecule has 36 heavy (non-hydrogen) atoms. The van der Waals surface area contributed by atoms with E-state index in [4.69, 9.17) is 23.2 Å². The van der Waals surface area contributed by atoms with E-state index in [-0.39, 0.29) is 11.9 Å². The van der Waals surface area contributed by atoms with Gasteiger partial charge in [0, 0.05) is 53.8 Å². The number of piperazine rings is 1. The van der Waals surface area contributed by atoms with Crippen LogP contribution in [-0.2, 0) is 11.3 Å². The summed E-state index contributed by atoms with van der Waals surface area (Å²) < 4.78 is 0. The second-order valence-corrected chi connectivity index (χ2v) is 9.41. The number of anilines is 1. The van der Waals surface area contributed by atoms with Gasteiger partial charge in [-0.05, 0) is 81.6 Å². The minimum Gasteiger partial charge on any atom is -0.325 e. The van der Waals surface area contributed by atoms with E-state index in [1.54, 1.807) is 12.1 Å². The van der Waals surface area contributed by atoms with Crippen LogP contribution in [0.2, 0.25) is 10.0 Å². The average Bonchev–Trinajstić information content (AvgIpc) is 2.90. The first kappa shape index (κ1) is 30.0. The molecule has 1 saturated heterocycles. The van der Waals surface area contributed by atoms with Gasteiger partial charge in [-0.1, -0.05) is 55.3 Å². The molecule has 0 spiro atoms. The van der Waals surface area contributed by atoms with E-state index < -0.39 is 0 Å². The molecule has 5 nitrogen and oxygen atoms in total. The predicted octanol–water partition coefficient (Wildman–Crippen LogP) is 7.31. The molecule has 1 atom stereocenters. The number of hydrogen-bond donors (Lipinski definition) is 1. The predicted molar refractivity (Wildman–Crippen MR) is 155 cm³/mol. The van der Waals surface area contributed by atoms with Crippen molar-refractivity contribution in [2.45, 2.75) is 59.5 Å². The summed E-state index contributed by atoms with van der Waals surface area (Å²) in [5, 5.41) is 4.47. The molecule has 1 N–H and O–H groups in total. The molecule has 0 saturated carbocycles. The third-order valence-electron chi connectivity index (χ3n) is 6.07. The van der Waals surface area contributed by atoms with Crippen LogP contribution in [0.5, 0.6) is 0 Å². The molecule has 1 unspecified atom stereocenters. The van der Waals surface area contributed by atoms with Crippen molar-refractivity contribution in [3.63, 3.8) is 0 Å². The van der Waals surface area contributed by atoms with E-state index in [2.05, 4.69) is 38.3 Å². The van der Waals surface area contributed by atoms with Crippen LogP contribution < -0.4 is 5.32 Å². The fourth-order valence-electron chi connectivity index (χ4n) is 4.21. The van der Waals surface area contributed by atoms with E-state index in [0.29, 0.717) is 11.6 Å². The minimum absolute atomic E-state index is 0.0212. The van der Waals surface area contributed by atoms with Gasteiger partial charge in [0.15, 0.2) is 0 Å². The van der Waals surface area contributed by atoms with Gasteiger partial charge in [-0.2, -0.15) is 0 Å². The number of aliphatic imine (C=N–C) groups is 1. The van der Waals surface area contributed by atoms with Crippen LogP contribution in [0.1, 0.15) is 52.5 Å². The van der Waals surface area contributed by atoms with Gasteiger partial charge in [-0.25, -0.2) is 0 Å². The smallest absolute Gasteiger partial charge is 0.243 e. The van der Waals surface area contributed by atoms with E-state index in [1.165, 1.54) is 5.56 Å². The monoisotopic (exact) mass is 530 g/mol. The summed E-state index contributed by atoms with van der Waals surface area (Å²) in [4.78, 5) is 22.4. The van der Waals surface area contributed by atoms with Crippen molar-refractivity contribution in [1.82, 2.24) is 9.80 Å². The highest BCUT2D eigenvalue weighted by Crippen LogP contribution is 2.19. The van der Waals surface area contributed by atoms with Gasteiger partial charge in [0.1, 0.15) is 6.04 Å². The summed E-state index contributed by atoms with van der Waals surface area (Å²) in [7, 11) is 0. The molecule has 0 radical (unpaired) electrons. The van der Waals surface area contributed by atoms with Crippen LogP contribution in [-0.4, -0.2) is 54.1 Å². The number of amides is 1. The minimum atomic E-state index is -0.216. The summed E-state index contributed by atoms with van der Waals surface area (Å²) in [5.74, 6) is 0.0212. The molecule has 1 fully saturated rings. The third kappa shape index (κ3) is 10.1. The molecule has 1 amide bonds. The van der Waals surface area contributed by atoms with Crippen molar-refractivity contribution in [1.29, 1.82) is 0 Å². The number of nitrogens with one attached hydrogen (secondary N) is 1. The standard InChI is InChI=1S/C27H34Cl2N4O.C2H6/c1-3-24(30-4-2)7-5-6-16-33-18-17-32(19-21-8-10-22(28)11-9-21)20-26(33)27(34)31-25-14-12-23(29)13-15-25;1-2/h3-4,8-15,26H,5-7,16-20H2,1-2H3,(H,31,34);1-2H3/b24-3-,30-4?;. The summed E-state index contributed by atoms with van der Waals surface area (Å²) in [5.41, 5.74) is 3.08. The lowest BCUT2D eigenvalue weighted by molar-refractivity contribution is -0.123. The zero-order chi connectivity index (χ0) is 26.3. The molecule has 7 heteroatoms. The number of carbonyl (C=O) groups excluding carboxylic acids is 1. The Morgan fingerprint density at radius 2 is 1.64 bits per heavy atom.